The molecule has 0 spiro atoms. The monoisotopic (exact) mass is 215 g/mol. The summed E-state index contributed by atoms with van der Waals surface area (Å²) in [4.78, 5) is 4.52. The molecule has 0 saturated carbocycles. The standard InChI is InChI=1S/C14H19N2/c1-3-5-11-16(10-4-2)12-15-13-8-6-7-9-14(13)16/h4,6-9,12H,2-3,5,10-11H2,1H3/q+1. The molecule has 0 aromatic heterocycles. The fourth-order valence-electron chi connectivity index (χ4n) is 2.27. The molecule has 2 heteroatoms. The molecule has 2 nitrogen and oxygen atoms in total. The smallest absolute Gasteiger partial charge is 0.196 e. The van der Waals surface area contributed by atoms with Gasteiger partial charge in [0.25, 0.3) is 0 Å². The summed E-state index contributed by atoms with van der Waals surface area (Å²) in [6.07, 6.45) is 6.49. The van der Waals surface area contributed by atoms with E-state index in [0.717, 1.165) is 23.3 Å². The van der Waals surface area contributed by atoms with Crippen molar-refractivity contribution in [3.63, 3.8) is 0 Å². The summed E-state index contributed by atoms with van der Waals surface area (Å²) in [6, 6.07) is 8.40. The van der Waals surface area contributed by atoms with Gasteiger partial charge in [-0.25, -0.2) is 4.48 Å². The van der Waals surface area contributed by atoms with E-state index in [9.17, 15) is 0 Å². The average Bonchev–Trinajstić information content (AvgIpc) is 2.68. The average molecular weight is 215 g/mol. The fraction of sp³-hybridized carbons (Fsp3) is 0.357. The van der Waals surface area contributed by atoms with Crippen LogP contribution in [0, 0.1) is 0 Å². The number of rotatable bonds is 5. The summed E-state index contributed by atoms with van der Waals surface area (Å²) < 4.78 is 0.841. The lowest BCUT2D eigenvalue weighted by molar-refractivity contribution is 0.455. The highest BCUT2D eigenvalue weighted by atomic mass is 15.4. The first-order valence-corrected chi connectivity index (χ1v) is 5.95. The number of hydrogen-bond acceptors (Lipinski definition) is 1. The van der Waals surface area contributed by atoms with Crippen LogP contribution < -0.4 is 4.48 Å². The van der Waals surface area contributed by atoms with Gasteiger partial charge >= 0.3 is 0 Å². The Kier molecular flexibility index (Phi) is 3.20. The number of hydrogen-bond donors (Lipinski definition) is 0. The molecule has 1 aromatic rings. The number of para-hydroxylation sites is 2. The molecule has 0 saturated heterocycles. The van der Waals surface area contributed by atoms with E-state index in [4.69, 9.17) is 0 Å². The Morgan fingerprint density at radius 3 is 2.94 bits per heavy atom. The first kappa shape index (κ1) is 11.1. The molecule has 0 N–H and O–H groups in total. The van der Waals surface area contributed by atoms with Crippen LogP contribution in [0.15, 0.2) is 41.9 Å². The Bertz CT molecular complexity index is 409. The zero-order chi connectivity index (χ0) is 11.4. The minimum absolute atomic E-state index is 0.841. The van der Waals surface area contributed by atoms with Crippen LogP contribution in [0.2, 0.25) is 0 Å². The lowest BCUT2D eigenvalue weighted by atomic mass is 10.2. The van der Waals surface area contributed by atoms with Crippen LogP contribution in [0.25, 0.3) is 0 Å². The number of benzene rings is 1. The second-order valence-electron chi connectivity index (χ2n) is 4.32. The van der Waals surface area contributed by atoms with Gasteiger partial charge in [-0.1, -0.05) is 32.1 Å². The highest BCUT2D eigenvalue weighted by molar-refractivity contribution is 5.88. The maximum atomic E-state index is 4.52. The molecule has 1 heterocycles. The molecule has 2 rings (SSSR count). The predicted octanol–water partition coefficient (Wildman–Crippen LogP) is 3.65. The third kappa shape index (κ3) is 1.81. The number of quaternary nitrogens is 1. The van der Waals surface area contributed by atoms with Crippen LogP contribution in [0.1, 0.15) is 19.8 Å². The number of unbranched alkanes of at least 4 members (excludes halogenated alkanes) is 1. The van der Waals surface area contributed by atoms with E-state index >= 15 is 0 Å². The van der Waals surface area contributed by atoms with E-state index in [2.05, 4.69) is 43.0 Å². The van der Waals surface area contributed by atoms with E-state index in [0.29, 0.717) is 0 Å². The van der Waals surface area contributed by atoms with Gasteiger partial charge in [0.05, 0.1) is 6.54 Å². The Hall–Kier alpha value is -1.41. The summed E-state index contributed by atoms with van der Waals surface area (Å²) in [5, 5.41) is 0. The van der Waals surface area contributed by atoms with E-state index in [1.165, 1.54) is 18.5 Å². The second kappa shape index (κ2) is 4.62. The predicted molar refractivity (Wildman–Crippen MR) is 71.2 cm³/mol. The lowest BCUT2D eigenvalue weighted by Gasteiger charge is -2.29. The van der Waals surface area contributed by atoms with E-state index in [1.54, 1.807) is 0 Å². The quantitative estimate of drug-likeness (QED) is 0.525. The van der Waals surface area contributed by atoms with Crippen molar-refractivity contribution in [1.82, 2.24) is 4.48 Å². The van der Waals surface area contributed by atoms with Gasteiger partial charge in [-0.15, -0.1) is 0 Å². The molecule has 0 amide bonds. The summed E-state index contributed by atoms with van der Waals surface area (Å²) in [6.45, 7) is 8.14. The molecule has 16 heavy (non-hydrogen) atoms. The summed E-state index contributed by atoms with van der Waals surface area (Å²) in [7, 11) is 0. The van der Waals surface area contributed by atoms with Crippen LogP contribution >= 0.6 is 0 Å². The maximum absolute atomic E-state index is 4.52. The van der Waals surface area contributed by atoms with Crippen molar-refractivity contribution in [2.24, 2.45) is 4.99 Å². The van der Waals surface area contributed by atoms with Crippen LogP contribution in [-0.2, 0) is 0 Å². The van der Waals surface area contributed by atoms with Gasteiger partial charge < -0.3 is 0 Å². The van der Waals surface area contributed by atoms with Crippen molar-refractivity contribution < 1.29 is 0 Å². The van der Waals surface area contributed by atoms with Crippen molar-refractivity contribution in [1.29, 1.82) is 0 Å². The number of fused-ring (bicyclic) bond motifs is 1. The molecule has 1 aromatic carbocycles. The Balaban J connectivity index is 2.34. The SMILES string of the molecule is C=CC[N+]1(CCCC)C=Nc2ccccc21. The molecule has 1 aliphatic rings. The summed E-state index contributed by atoms with van der Waals surface area (Å²) >= 11 is 0. The summed E-state index contributed by atoms with van der Waals surface area (Å²) in [5.41, 5.74) is 2.43. The molecule has 84 valence electrons. The Labute approximate surface area is 97.5 Å². The lowest BCUT2D eigenvalue weighted by Crippen LogP contribution is -2.47. The van der Waals surface area contributed by atoms with Crippen molar-refractivity contribution in [3.8, 4) is 0 Å². The molecular weight excluding hydrogens is 196 g/mol. The van der Waals surface area contributed by atoms with Crippen molar-refractivity contribution in [2.75, 3.05) is 13.1 Å². The van der Waals surface area contributed by atoms with E-state index in [-0.39, 0.29) is 0 Å². The zero-order valence-electron chi connectivity index (χ0n) is 9.89. The van der Waals surface area contributed by atoms with E-state index in [1.807, 2.05) is 12.1 Å². The molecule has 0 aliphatic carbocycles. The molecular formula is C14H19N2+. The highest BCUT2D eigenvalue weighted by Crippen LogP contribution is 2.37. The first-order valence-electron chi connectivity index (χ1n) is 5.95. The second-order valence-corrected chi connectivity index (χ2v) is 4.32. The molecule has 1 unspecified atom stereocenters. The van der Waals surface area contributed by atoms with Crippen molar-refractivity contribution in [2.45, 2.75) is 19.8 Å². The zero-order valence-corrected chi connectivity index (χ0v) is 9.89. The minimum atomic E-state index is 0.841. The molecule has 1 aliphatic heterocycles. The third-order valence-electron chi connectivity index (χ3n) is 3.14. The molecule has 0 fully saturated rings. The molecule has 0 radical (unpaired) electrons. The van der Waals surface area contributed by atoms with Crippen molar-refractivity contribution >= 4 is 17.7 Å². The van der Waals surface area contributed by atoms with Gasteiger partial charge in [0, 0.05) is 6.07 Å². The molecule has 1 atom stereocenters. The first-order chi connectivity index (χ1) is 7.82. The maximum Gasteiger partial charge on any atom is 0.196 e. The fourth-order valence-corrected chi connectivity index (χ4v) is 2.27. The Morgan fingerprint density at radius 1 is 1.38 bits per heavy atom. The number of nitrogens with zero attached hydrogens (tertiary/aromatic N) is 2. The Morgan fingerprint density at radius 2 is 2.19 bits per heavy atom. The van der Waals surface area contributed by atoms with Gasteiger partial charge in [-0.3, -0.25) is 0 Å². The normalized spacial score (nSPS) is 22.1. The minimum Gasteiger partial charge on any atom is -0.244 e. The largest absolute Gasteiger partial charge is 0.244 e. The molecule has 0 bridgehead atoms. The van der Waals surface area contributed by atoms with Crippen LogP contribution in [0.5, 0.6) is 0 Å². The van der Waals surface area contributed by atoms with Gasteiger partial charge in [-0.2, -0.15) is 4.99 Å². The van der Waals surface area contributed by atoms with Crippen LogP contribution in [0.3, 0.4) is 0 Å². The summed E-state index contributed by atoms with van der Waals surface area (Å²) in [5.74, 6) is 0. The van der Waals surface area contributed by atoms with E-state index < -0.39 is 0 Å². The van der Waals surface area contributed by atoms with Gasteiger partial charge in [-0.05, 0) is 18.6 Å². The van der Waals surface area contributed by atoms with Crippen molar-refractivity contribution in [3.05, 3.63) is 36.9 Å². The van der Waals surface area contributed by atoms with Crippen LogP contribution in [-0.4, -0.2) is 19.4 Å². The van der Waals surface area contributed by atoms with Gasteiger partial charge in [0.15, 0.2) is 12.0 Å². The van der Waals surface area contributed by atoms with Crippen LogP contribution in [0.4, 0.5) is 11.4 Å². The van der Waals surface area contributed by atoms with Gasteiger partial charge in [0.1, 0.15) is 12.2 Å². The topological polar surface area (TPSA) is 12.4 Å². The van der Waals surface area contributed by atoms with Gasteiger partial charge in [0.2, 0.25) is 0 Å². The third-order valence-corrected chi connectivity index (χ3v) is 3.14. The number of aliphatic imine (C=N–C) groups is 1. The highest BCUT2D eigenvalue weighted by Gasteiger charge is 2.33.